The topological polar surface area (TPSA) is 64.6 Å². The first-order chi connectivity index (χ1) is 18.5. The van der Waals surface area contributed by atoms with Gasteiger partial charge in [-0.25, -0.2) is 13.2 Å². The van der Waals surface area contributed by atoms with Crippen LogP contribution in [0, 0.1) is 17.5 Å². The van der Waals surface area contributed by atoms with Gasteiger partial charge in [-0.3, -0.25) is 14.8 Å². The average Bonchev–Trinajstić information content (AvgIpc) is 2.94. The zero-order valence-electron chi connectivity index (χ0n) is 20.4. The molecule has 1 fully saturated rings. The standard InChI is InChI=1S/C29H24F3N3O3/c30-18-14-22(26(32)23(31)15-18)28-27-21(5-7-33-28)29(35-8-11-37-12-9-35)17(16-34-27)13-24(36)19-6-10-38-25-4-2-1-3-20(19)25/h1-5,7,14-16,19H,6,8-13H2/t19-/m1/s1. The first kappa shape index (κ1) is 24.4. The van der Waals surface area contributed by atoms with Crippen molar-refractivity contribution in [3.05, 3.63) is 83.4 Å². The number of pyridine rings is 2. The van der Waals surface area contributed by atoms with Gasteiger partial charge in [-0.05, 0) is 24.6 Å². The van der Waals surface area contributed by atoms with Crippen LogP contribution in [0.15, 0.2) is 54.9 Å². The summed E-state index contributed by atoms with van der Waals surface area (Å²) in [7, 11) is 0. The van der Waals surface area contributed by atoms with Crippen LogP contribution in [0.1, 0.15) is 23.5 Å². The van der Waals surface area contributed by atoms with E-state index in [-0.39, 0.29) is 29.4 Å². The Bertz CT molecular complexity index is 1540. The molecular formula is C29H24F3N3O3. The molecule has 38 heavy (non-hydrogen) atoms. The Kier molecular flexibility index (Phi) is 6.45. The minimum Gasteiger partial charge on any atom is -0.493 e. The second-order valence-corrected chi connectivity index (χ2v) is 9.41. The lowest BCUT2D eigenvalue weighted by Gasteiger charge is -2.32. The van der Waals surface area contributed by atoms with Crippen molar-refractivity contribution in [3.8, 4) is 17.0 Å². The number of carbonyl (C=O) groups is 1. The van der Waals surface area contributed by atoms with E-state index in [1.165, 1.54) is 6.20 Å². The number of Topliss-reactive ketones (excluding diaryl/α,β-unsaturated/α-hetero) is 1. The van der Waals surface area contributed by atoms with E-state index in [1.54, 1.807) is 12.3 Å². The van der Waals surface area contributed by atoms with Gasteiger partial charge in [0.2, 0.25) is 0 Å². The van der Waals surface area contributed by atoms with Gasteiger partial charge in [0.05, 0.1) is 36.7 Å². The van der Waals surface area contributed by atoms with Gasteiger partial charge in [0.25, 0.3) is 0 Å². The summed E-state index contributed by atoms with van der Waals surface area (Å²) in [5.41, 5.74) is 2.38. The van der Waals surface area contributed by atoms with Gasteiger partial charge in [0.15, 0.2) is 11.6 Å². The average molecular weight is 520 g/mol. The fourth-order valence-corrected chi connectivity index (χ4v) is 5.35. The number of anilines is 1. The van der Waals surface area contributed by atoms with Crippen molar-refractivity contribution in [2.75, 3.05) is 37.8 Å². The summed E-state index contributed by atoms with van der Waals surface area (Å²) in [6.45, 7) is 2.64. The highest BCUT2D eigenvalue weighted by Crippen LogP contribution is 2.38. The lowest BCUT2D eigenvalue weighted by atomic mass is 9.86. The molecule has 0 saturated carbocycles. The van der Waals surface area contributed by atoms with Crippen LogP contribution < -0.4 is 9.64 Å². The number of rotatable bonds is 5. The SMILES string of the molecule is O=C(Cc1cnc2c(-c3cc(F)cc(F)c3F)nccc2c1N1CCOCC1)[C@@H]1CCOc2ccccc21. The Hall–Kier alpha value is -3.98. The predicted octanol–water partition coefficient (Wildman–Crippen LogP) is 5.23. The lowest BCUT2D eigenvalue weighted by Crippen LogP contribution is -2.37. The maximum Gasteiger partial charge on any atom is 0.168 e. The van der Waals surface area contributed by atoms with Crippen LogP contribution in [0.5, 0.6) is 5.75 Å². The molecule has 2 aromatic heterocycles. The summed E-state index contributed by atoms with van der Waals surface area (Å²) < 4.78 is 54.1. The number of hydrogen-bond donors (Lipinski definition) is 0. The highest BCUT2D eigenvalue weighted by Gasteiger charge is 2.29. The molecule has 2 aromatic carbocycles. The second kappa shape index (κ2) is 10.1. The fraction of sp³-hybridized carbons (Fsp3) is 0.276. The lowest BCUT2D eigenvalue weighted by molar-refractivity contribution is -0.120. The summed E-state index contributed by atoms with van der Waals surface area (Å²) in [6, 6.07) is 10.7. The predicted molar refractivity (Wildman–Crippen MR) is 136 cm³/mol. The molecule has 0 amide bonds. The molecule has 2 aliphatic heterocycles. The van der Waals surface area contributed by atoms with E-state index in [4.69, 9.17) is 9.47 Å². The van der Waals surface area contributed by atoms with Crippen molar-refractivity contribution < 1.29 is 27.4 Å². The number of benzene rings is 2. The van der Waals surface area contributed by atoms with Gasteiger partial charge in [-0.15, -0.1) is 0 Å². The Morgan fingerprint density at radius 2 is 1.84 bits per heavy atom. The van der Waals surface area contributed by atoms with Gasteiger partial charge in [0, 0.05) is 66.0 Å². The van der Waals surface area contributed by atoms with Crippen LogP contribution in [0.4, 0.5) is 18.9 Å². The van der Waals surface area contributed by atoms with Crippen molar-refractivity contribution in [1.82, 2.24) is 9.97 Å². The third-order valence-corrected chi connectivity index (χ3v) is 7.12. The molecule has 1 saturated heterocycles. The summed E-state index contributed by atoms with van der Waals surface area (Å²) in [5, 5.41) is 0.624. The van der Waals surface area contributed by atoms with Gasteiger partial charge < -0.3 is 14.4 Å². The van der Waals surface area contributed by atoms with E-state index in [2.05, 4.69) is 14.9 Å². The molecule has 4 heterocycles. The molecular weight excluding hydrogens is 495 g/mol. The molecule has 1 atom stereocenters. The third-order valence-electron chi connectivity index (χ3n) is 7.12. The number of carbonyl (C=O) groups excluding carboxylic acids is 1. The Balaban J connectivity index is 1.46. The molecule has 6 rings (SSSR count). The largest absolute Gasteiger partial charge is 0.493 e. The Morgan fingerprint density at radius 1 is 1.03 bits per heavy atom. The van der Waals surface area contributed by atoms with E-state index in [9.17, 15) is 18.0 Å². The molecule has 4 aromatic rings. The number of nitrogens with zero attached hydrogens (tertiary/aromatic N) is 3. The normalized spacial score (nSPS) is 17.2. The van der Waals surface area contributed by atoms with Crippen LogP contribution in [-0.2, 0) is 16.0 Å². The fourth-order valence-electron chi connectivity index (χ4n) is 5.35. The van der Waals surface area contributed by atoms with Crippen molar-refractivity contribution in [2.45, 2.75) is 18.8 Å². The Morgan fingerprint density at radius 3 is 2.68 bits per heavy atom. The maximum absolute atomic E-state index is 14.7. The summed E-state index contributed by atoms with van der Waals surface area (Å²) >= 11 is 0. The van der Waals surface area contributed by atoms with Crippen LogP contribution in [-0.4, -0.2) is 48.7 Å². The van der Waals surface area contributed by atoms with Gasteiger partial charge in [0.1, 0.15) is 17.3 Å². The van der Waals surface area contributed by atoms with E-state index in [1.807, 2.05) is 24.3 Å². The van der Waals surface area contributed by atoms with Crippen LogP contribution in [0.25, 0.3) is 22.2 Å². The summed E-state index contributed by atoms with van der Waals surface area (Å²) in [5.74, 6) is -2.94. The number of ether oxygens (including phenoxy) is 2. The second-order valence-electron chi connectivity index (χ2n) is 9.41. The van der Waals surface area contributed by atoms with Crippen molar-refractivity contribution in [1.29, 1.82) is 0 Å². The summed E-state index contributed by atoms with van der Waals surface area (Å²) in [6.07, 6.45) is 3.78. The first-order valence-corrected chi connectivity index (χ1v) is 12.5. The number of hydrogen-bond acceptors (Lipinski definition) is 6. The molecule has 194 valence electrons. The minimum atomic E-state index is -1.30. The van der Waals surface area contributed by atoms with Crippen LogP contribution >= 0.6 is 0 Å². The van der Waals surface area contributed by atoms with Crippen molar-refractivity contribution >= 4 is 22.4 Å². The van der Waals surface area contributed by atoms with Gasteiger partial charge in [-0.2, -0.15) is 0 Å². The Labute approximate surface area is 217 Å². The van der Waals surface area contributed by atoms with E-state index in [0.29, 0.717) is 56.3 Å². The smallest absolute Gasteiger partial charge is 0.168 e. The zero-order valence-corrected chi connectivity index (χ0v) is 20.4. The third kappa shape index (κ3) is 4.36. The number of fused-ring (bicyclic) bond motifs is 2. The molecule has 0 radical (unpaired) electrons. The number of para-hydroxylation sites is 1. The van der Waals surface area contributed by atoms with Gasteiger partial charge in [-0.1, -0.05) is 18.2 Å². The molecule has 0 spiro atoms. The van der Waals surface area contributed by atoms with E-state index < -0.39 is 17.5 Å². The molecule has 0 N–H and O–H groups in total. The van der Waals surface area contributed by atoms with Crippen molar-refractivity contribution in [3.63, 3.8) is 0 Å². The molecule has 0 aliphatic carbocycles. The van der Waals surface area contributed by atoms with Crippen LogP contribution in [0.2, 0.25) is 0 Å². The zero-order chi connectivity index (χ0) is 26.2. The highest BCUT2D eigenvalue weighted by atomic mass is 19.2. The number of ketones is 1. The maximum atomic E-state index is 14.7. The summed E-state index contributed by atoms with van der Waals surface area (Å²) in [4.78, 5) is 24.5. The molecule has 6 nitrogen and oxygen atoms in total. The van der Waals surface area contributed by atoms with E-state index in [0.717, 1.165) is 28.6 Å². The number of aromatic nitrogens is 2. The van der Waals surface area contributed by atoms with E-state index >= 15 is 0 Å². The first-order valence-electron chi connectivity index (χ1n) is 12.5. The molecule has 9 heteroatoms. The molecule has 0 bridgehead atoms. The van der Waals surface area contributed by atoms with Gasteiger partial charge >= 0.3 is 0 Å². The van der Waals surface area contributed by atoms with Crippen LogP contribution in [0.3, 0.4) is 0 Å². The molecule has 2 aliphatic rings. The molecule has 0 unspecified atom stereocenters. The minimum absolute atomic E-state index is 0.0316. The quantitative estimate of drug-likeness (QED) is 0.337. The monoisotopic (exact) mass is 519 g/mol. The highest BCUT2D eigenvalue weighted by molar-refractivity contribution is 6.01. The number of halogens is 3. The number of morpholine rings is 1. The van der Waals surface area contributed by atoms with Crippen molar-refractivity contribution in [2.24, 2.45) is 0 Å².